The minimum absolute atomic E-state index is 0.0571. The van der Waals surface area contributed by atoms with Crippen LogP contribution < -0.4 is 5.32 Å². The zero-order valence-corrected chi connectivity index (χ0v) is 10.9. The summed E-state index contributed by atoms with van der Waals surface area (Å²) >= 11 is 0. The van der Waals surface area contributed by atoms with E-state index in [-0.39, 0.29) is 12.5 Å². The minimum Gasteiger partial charge on any atom is -0.395 e. The standard InChI is InChI=1S/C12H20N4O2/c1-9-7-11(15(2)14-9)13-12(18)8-16(5-6-17)10-3-4-10/h7,10,17H,3-6,8H2,1-2H3,(H,13,18). The minimum atomic E-state index is -0.0571. The second kappa shape index (κ2) is 5.49. The fourth-order valence-electron chi connectivity index (χ4n) is 2.05. The molecule has 2 N–H and O–H groups in total. The second-order valence-electron chi connectivity index (χ2n) is 4.77. The number of aliphatic hydroxyl groups is 1. The van der Waals surface area contributed by atoms with Gasteiger partial charge in [-0.15, -0.1) is 0 Å². The van der Waals surface area contributed by atoms with Gasteiger partial charge in [0.1, 0.15) is 5.82 Å². The first-order valence-corrected chi connectivity index (χ1v) is 6.25. The quantitative estimate of drug-likeness (QED) is 0.754. The van der Waals surface area contributed by atoms with Crippen molar-refractivity contribution in [3.63, 3.8) is 0 Å². The average molecular weight is 252 g/mol. The number of rotatable bonds is 6. The highest BCUT2D eigenvalue weighted by Crippen LogP contribution is 2.26. The Balaban J connectivity index is 1.89. The maximum atomic E-state index is 11.9. The summed E-state index contributed by atoms with van der Waals surface area (Å²) in [4.78, 5) is 13.9. The van der Waals surface area contributed by atoms with Crippen LogP contribution in [0.5, 0.6) is 0 Å². The van der Waals surface area contributed by atoms with E-state index in [2.05, 4.69) is 10.4 Å². The lowest BCUT2D eigenvalue weighted by Gasteiger charge is -2.19. The summed E-state index contributed by atoms with van der Waals surface area (Å²) in [6.45, 7) is 2.87. The lowest BCUT2D eigenvalue weighted by molar-refractivity contribution is -0.117. The number of hydrogen-bond donors (Lipinski definition) is 2. The van der Waals surface area contributed by atoms with Gasteiger partial charge in [0.15, 0.2) is 0 Å². The lowest BCUT2D eigenvalue weighted by atomic mass is 10.4. The van der Waals surface area contributed by atoms with Gasteiger partial charge in [-0.25, -0.2) is 0 Å². The Bertz CT molecular complexity index is 426. The SMILES string of the molecule is Cc1cc(NC(=O)CN(CCO)C2CC2)n(C)n1. The van der Waals surface area contributed by atoms with Gasteiger partial charge >= 0.3 is 0 Å². The van der Waals surface area contributed by atoms with E-state index in [0.29, 0.717) is 24.9 Å². The molecule has 0 spiro atoms. The van der Waals surface area contributed by atoms with Crippen molar-refractivity contribution in [3.05, 3.63) is 11.8 Å². The van der Waals surface area contributed by atoms with Crippen LogP contribution in [-0.4, -0.2) is 51.4 Å². The molecule has 1 fully saturated rings. The molecule has 1 heterocycles. The van der Waals surface area contributed by atoms with Crippen molar-refractivity contribution >= 4 is 11.7 Å². The van der Waals surface area contributed by atoms with Gasteiger partial charge in [-0.2, -0.15) is 5.10 Å². The highest BCUT2D eigenvalue weighted by Gasteiger charge is 2.29. The van der Waals surface area contributed by atoms with E-state index in [0.717, 1.165) is 18.5 Å². The number of carbonyl (C=O) groups is 1. The van der Waals surface area contributed by atoms with E-state index in [1.54, 1.807) is 11.7 Å². The molecular weight excluding hydrogens is 232 g/mol. The van der Waals surface area contributed by atoms with Crippen molar-refractivity contribution in [1.82, 2.24) is 14.7 Å². The Kier molecular flexibility index (Phi) is 3.98. The number of anilines is 1. The number of amides is 1. The van der Waals surface area contributed by atoms with Crippen molar-refractivity contribution < 1.29 is 9.90 Å². The first-order chi connectivity index (χ1) is 8.60. The fourth-order valence-corrected chi connectivity index (χ4v) is 2.05. The van der Waals surface area contributed by atoms with E-state index in [9.17, 15) is 4.79 Å². The first kappa shape index (κ1) is 13.0. The summed E-state index contributed by atoms with van der Waals surface area (Å²) in [5.41, 5.74) is 0.877. The Morgan fingerprint density at radius 2 is 2.39 bits per heavy atom. The molecule has 0 radical (unpaired) electrons. The Morgan fingerprint density at radius 3 is 2.89 bits per heavy atom. The summed E-state index contributed by atoms with van der Waals surface area (Å²) in [5, 5.41) is 16.0. The molecule has 18 heavy (non-hydrogen) atoms. The maximum Gasteiger partial charge on any atom is 0.239 e. The van der Waals surface area contributed by atoms with Gasteiger partial charge in [-0.3, -0.25) is 14.4 Å². The van der Waals surface area contributed by atoms with E-state index >= 15 is 0 Å². The van der Waals surface area contributed by atoms with Crippen molar-refractivity contribution in [2.75, 3.05) is 25.0 Å². The summed E-state index contributed by atoms with van der Waals surface area (Å²) in [5.74, 6) is 0.649. The highest BCUT2D eigenvalue weighted by atomic mass is 16.3. The van der Waals surface area contributed by atoms with Gasteiger partial charge in [-0.05, 0) is 19.8 Å². The Hall–Kier alpha value is -1.40. The molecule has 0 unspecified atom stereocenters. The van der Waals surface area contributed by atoms with Crippen molar-refractivity contribution in [2.45, 2.75) is 25.8 Å². The van der Waals surface area contributed by atoms with Crippen LogP contribution in [0.2, 0.25) is 0 Å². The number of aromatic nitrogens is 2. The number of nitrogens with zero attached hydrogens (tertiary/aromatic N) is 3. The van der Waals surface area contributed by atoms with Gasteiger partial charge in [-0.1, -0.05) is 0 Å². The smallest absolute Gasteiger partial charge is 0.239 e. The molecule has 0 bridgehead atoms. The third kappa shape index (κ3) is 3.30. The predicted octanol–water partition coefficient (Wildman–Crippen LogP) is 0.124. The number of carbonyl (C=O) groups excluding carboxylic acids is 1. The van der Waals surface area contributed by atoms with Crippen molar-refractivity contribution in [1.29, 1.82) is 0 Å². The van der Waals surface area contributed by atoms with Crippen LogP contribution in [0, 0.1) is 6.92 Å². The zero-order valence-electron chi connectivity index (χ0n) is 10.9. The van der Waals surface area contributed by atoms with Crippen molar-refractivity contribution in [3.8, 4) is 0 Å². The van der Waals surface area contributed by atoms with Crippen LogP contribution in [0.4, 0.5) is 5.82 Å². The van der Waals surface area contributed by atoms with Crippen LogP contribution in [0.3, 0.4) is 0 Å². The van der Waals surface area contributed by atoms with Crippen LogP contribution in [0.1, 0.15) is 18.5 Å². The molecule has 2 rings (SSSR count). The van der Waals surface area contributed by atoms with E-state index in [1.165, 1.54) is 0 Å². The average Bonchev–Trinajstić information content (AvgIpc) is 3.06. The Labute approximate surface area is 107 Å². The lowest BCUT2D eigenvalue weighted by Crippen LogP contribution is -2.37. The van der Waals surface area contributed by atoms with Gasteiger partial charge in [0.05, 0.1) is 18.8 Å². The summed E-state index contributed by atoms with van der Waals surface area (Å²) in [7, 11) is 1.80. The topological polar surface area (TPSA) is 70.4 Å². The molecule has 0 saturated heterocycles. The monoisotopic (exact) mass is 252 g/mol. The van der Waals surface area contributed by atoms with Crippen LogP contribution in [0.25, 0.3) is 0 Å². The largest absolute Gasteiger partial charge is 0.395 e. The first-order valence-electron chi connectivity index (χ1n) is 6.25. The molecule has 1 aliphatic rings. The second-order valence-corrected chi connectivity index (χ2v) is 4.77. The molecule has 0 aliphatic heterocycles. The Morgan fingerprint density at radius 1 is 1.67 bits per heavy atom. The van der Waals surface area contributed by atoms with Gasteiger partial charge in [0.2, 0.25) is 5.91 Å². The molecule has 6 heteroatoms. The molecule has 1 aromatic heterocycles. The molecule has 1 aromatic rings. The molecule has 100 valence electrons. The maximum absolute atomic E-state index is 11.9. The third-order valence-corrected chi connectivity index (χ3v) is 3.07. The highest BCUT2D eigenvalue weighted by molar-refractivity contribution is 5.91. The summed E-state index contributed by atoms with van der Waals surface area (Å²) < 4.78 is 1.65. The van der Waals surface area contributed by atoms with E-state index in [1.807, 2.05) is 17.9 Å². The molecule has 1 saturated carbocycles. The number of hydrogen-bond acceptors (Lipinski definition) is 4. The van der Waals surface area contributed by atoms with Gasteiger partial charge in [0, 0.05) is 25.7 Å². The summed E-state index contributed by atoms with van der Waals surface area (Å²) in [6.07, 6.45) is 2.25. The molecule has 1 aliphatic carbocycles. The van der Waals surface area contributed by atoms with Crippen molar-refractivity contribution in [2.24, 2.45) is 7.05 Å². The number of nitrogens with one attached hydrogen (secondary N) is 1. The van der Waals surface area contributed by atoms with E-state index in [4.69, 9.17) is 5.11 Å². The van der Waals surface area contributed by atoms with Crippen LogP contribution in [0.15, 0.2) is 6.07 Å². The molecular formula is C12H20N4O2. The van der Waals surface area contributed by atoms with Gasteiger partial charge < -0.3 is 10.4 Å². The molecule has 1 amide bonds. The van der Waals surface area contributed by atoms with E-state index < -0.39 is 0 Å². The van der Waals surface area contributed by atoms with Crippen LogP contribution in [-0.2, 0) is 11.8 Å². The van der Waals surface area contributed by atoms with Gasteiger partial charge in [0.25, 0.3) is 0 Å². The molecule has 0 atom stereocenters. The third-order valence-electron chi connectivity index (χ3n) is 3.07. The molecule has 0 aromatic carbocycles. The molecule has 6 nitrogen and oxygen atoms in total. The number of aliphatic hydroxyl groups excluding tert-OH is 1. The zero-order chi connectivity index (χ0) is 13.1. The predicted molar refractivity (Wildman–Crippen MR) is 68.3 cm³/mol. The fraction of sp³-hybridized carbons (Fsp3) is 0.667. The number of aryl methyl sites for hydroxylation is 2. The van der Waals surface area contributed by atoms with Crippen LogP contribution >= 0.6 is 0 Å². The normalized spacial score (nSPS) is 15.1. The summed E-state index contributed by atoms with van der Waals surface area (Å²) in [6, 6.07) is 2.31.